The van der Waals surface area contributed by atoms with Gasteiger partial charge in [0.1, 0.15) is 5.56 Å². The standard InChI is InChI=1S/C12H17N3O3S/c1-7(5-8(2)16)14-10(17)9-6-13-12-15(11(9)18)3-4-19-12/h6-8,16H,3-5H2,1-2H3,(H,14,17). The molecule has 2 heterocycles. The molecular weight excluding hydrogens is 266 g/mol. The van der Waals surface area contributed by atoms with Gasteiger partial charge >= 0.3 is 0 Å². The van der Waals surface area contributed by atoms with E-state index in [0.717, 1.165) is 5.75 Å². The van der Waals surface area contributed by atoms with Crippen LogP contribution in [0, 0.1) is 0 Å². The molecule has 2 N–H and O–H groups in total. The second-order valence-electron chi connectivity index (χ2n) is 4.72. The minimum atomic E-state index is -0.494. The maximum Gasteiger partial charge on any atom is 0.267 e. The van der Waals surface area contributed by atoms with Gasteiger partial charge in [0.15, 0.2) is 5.16 Å². The highest BCUT2D eigenvalue weighted by atomic mass is 32.2. The van der Waals surface area contributed by atoms with Crippen LogP contribution in [-0.4, -0.2) is 38.5 Å². The molecule has 0 aliphatic carbocycles. The lowest BCUT2D eigenvalue weighted by atomic mass is 10.1. The molecule has 0 saturated heterocycles. The minimum Gasteiger partial charge on any atom is -0.393 e. The second-order valence-corrected chi connectivity index (χ2v) is 5.78. The van der Waals surface area contributed by atoms with Crippen LogP contribution in [0.25, 0.3) is 0 Å². The molecule has 6 nitrogen and oxygen atoms in total. The van der Waals surface area contributed by atoms with Crippen LogP contribution in [0.2, 0.25) is 0 Å². The van der Waals surface area contributed by atoms with Crippen molar-refractivity contribution in [2.24, 2.45) is 0 Å². The van der Waals surface area contributed by atoms with Crippen LogP contribution in [0.5, 0.6) is 0 Å². The third-order valence-corrected chi connectivity index (χ3v) is 3.84. The predicted molar refractivity (Wildman–Crippen MR) is 72.4 cm³/mol. The highest BCUT2D eigenvalue weighted by Gasteiger charge is 2.21. The van der Waals surface area contributed by atoms with Gasteiger partial charge in [-0.1, -0.05) is 11.8 Å². The number of amides is 1. The molecule has 1 aromatic heterocycles. The Bertz CT molecular complexity index is 542. The van der Waals surface area contributed by atoms with Crippen molar-refractivity contribution in [3.8, 4) is 0 Å². The van der Waals surface area contributed by atoms with Gasteiger partial charge in [-0.05, 0) is 20.3 Å². The maximum atomic E-state index is 12.1. The number of aliphatic hydroxyl groups is 1. The molecule has 19 heavy (non-hydrogen) atoms. The SMILES string of the molecule is CC(O)CC(C)NC(=O)c1cnc2n(c1=O)CCS2. The number of nitrogens with zero attached hydrogens (tertiary/aromatic N) is 2. The zero-order valence-corrected chi connectivity index (χ0v) is 11.7. The summed E-state index contributed by atoms with van der Waals surface area (Å²) in [6.07, 6.45) is 1.28. The molecular formula is C12H17N3O3S. The number of carbonyl (C=O) groups excluding carboxylic acids is 1. The van der Waals surface area contributed by atoms with Crippen LogP contribution in [0.15, 0.2) is 16.1 Å². The van der Waals surface area contributed by atoms with E-state index in [9.17, 15) is 14.7 Å². The van der Waals surface area contributed by atoms with Gasteiger partial charge in [-0.15, -0.1) is 0 Å². The van der Waals surface area contributed by atoms with Crippen molar-refractivity contribution in [3.63, 3.8) is 0 Å². The van der Waals surface area contributed by atoms with E-state index in [1.807, 2.05) is 0 Å². The van der Waals surface area contributed by atoms with E-state index in [2.05, 4.69) is 10.3 Å². The zero-order valence-electron chi connectivity index (χ0n) is 10.9. The molecule has 2 rings (SSSR count). The minimum absolute atomic E-state index is 0.0590. The van der Waals surface area contributed by atoms with E-state index >= 15 is 0 Å². The average molecular weight is 283 g/mol. The van der Waals surface area contributed by atoms with Crippen LogP contribution in [-0.2, 0) is 6.54 Å². The second kappa shape index (κ2) is 5.75. The summed E-state index contributed by atoms with van der Waals surface area (Å²) in [5.41, 5.74) is -0.236. The molecule has 0 radical (unpaired) electrons. The molecule has 7 heteroatoms. The Hall–Kier alpha value is -1.34. The molecule has 0 spiro atoms. The molecule has 1 aliphatic rings. The van der Waals surface area contributed by atoms with E-state index in [-0.39, 0.29) is 17.2 Å². The molecule has 1 aliphatic heterocycles. The van der Waals surface area contributed by atoms with Crippen molar-refractivity contribution >= 4 is 17.7 Å². The predicted octanol–water partition coefficient (Wildman–Crippen LogP) is 0.238. The van der Waals surface area contributed by atoms with Gasteiger partial charge in [-0.25, -0.2) is 4.98 Å². The Kier molecular flexibility index (Phi) is 4.26. The van der Waals surface area contributed by atoms with E-state index in [1.54, 1.807) is 13.8 Å². The third kappa shape index (κ3) is 3.16. The van der Waals surface area contributed by atoms with Gasteiger partial charge in [0.2, 0.25) is 0 Å². The van der Waals surface area contributed by atoms with Crippen molar-refractivity contribution in [1.82, 2.24) is 14.9 Å². The lowest BCUT2D eigenvalue weighted by molar-refractivity contribution is 0.0920. The molecule has 2 unspecified atom stereocenters. The lowest BCUT2D eigenvalue weighted by Gasteiger charge is -2.15. The fourth-order valence-corrected chi connectivity index (χ4v) is 2.96. The number of carbonyl (C=O) groups is 1. The summed E-state index contributed by atoms with van der Waals surface area (Å²) in [5.74, 6) is 0.379. The van der Waals surface area contributed by atoms with Crippen LogP contribution in [0.3, 0.4) is 0 Å². The van der Waals surface area contributed by atoms with Gasteiger partial charge in [0.25, 0.3) is 11.5 Å². The van der Waals surface area contributed by atoms with Crippen molar-refractivity contribution in [3.05, 3.63) is 22.1 Å². The van der Waals surface area contributed by atoms with E-state index < -0.39 is 12.0 Å². The molecule has 1 aromatic rings. The number of rotatable bonds is 4. The molecule has 0 saturated carbocycles. The smallest absolute Gasteiger partial charge is 0.267 e. The molecule has 0 fully saturated rings. The Morgan fingerprint density at radius 1 is 1.63 bits per heavy atom. The fraction of sp³-hybridized carbons (Fsp3) is 0.583. The lowest BCUT2D eigenvalue weighted by Crippen LogP contribution is -2.39. The Labute approximate surface area is 115 Å². The first-order valence-corrected chi connectivity index (χ1v) is 7.19. The Morgan fingerprint density at radius 2 is 2.37 bits per heavy atom. The molecule has 104 valence electrons. The van der Waals surface area contributed by atoms with Gasteiger partial charge in [-0.3, -0.25) is 14.2 Å². The normalized spacial score (nSPS) is 16.8. The first kappa shape index (κ1) is 14.1. The highest BCUT2D eigenvalue weighted by Crippen LogP contribution is 2.20. The van der Waals surface area contributed by atoms with Crippen LogP contribution >= 0.6 is 11.8 Å². The summed E-state index contributed by atoms with van der Waals surface area (Å²) in [4.78, 5) is 28.2. The summed E-state index contributed by atoms with van der Waals surface area (Å²) < 4.78 is 1.53. The zero-order chi connectivity index (χ0) is 14.0. The Morgan fingerprint density at radius 3 is 3.05 bits per heavy atom. The number of hydrogen-bond donors (Lipinski definition) is 2. The molecule has 0 aromatic carbocycles. The number of aliphatic hydroxyl groups excluding tert-OH is 1. The van der Waals surface area contributed by atoms with Crippen molar-refractivity contribution in [2.45, 2.75) is 44.1 Å². The maximum absolute atomic E-state index is 12.1. The first-order chi connectivity index (χ1) is 8.99. The van der Waals surface area contributed by atoms with Crippen molar-refractivity contribution in [1.29, 1.82) is 0 Å². The first-order valence-electron chi connectivity index (χ1n) is 6.20. The summed E-state index contributed by atoms with van der Waals surface area (Å²) in [5, 5.41) is 12.6. The van der Waals surface area contributed by atoms with Crippen molar-refractivity contribution in [2.75, 3.05) is 5.75 Å². The number of fused-ring (bicyclic) bond motifs is 1. The van der Waals surface area contributed by atoms with E-state index in [0.29, 0.717) is 18.1 Å². The molecule has 1 amide bonds. The quantitative estimate of drug-likeness (QED) is 0.773. The van der Waals surface area contributed by atoms with Gasteiger partial charge < -0.3 is 10.4 Å². The average Bonchev–Trinajstić information content (AvgIpc) is 2.76. The number of nitrogens with one attached hydrogen (secondary N) is 1. The number of hydrogen-bond acceptors (Lipinski definition) is 5. The Balaban J connectivity index is 2.14. The van der Waals surface area contributed by atoms with Gasteiger partial charge in [0.05, 0.1) is 6.10 Å². The van der Waals surface area contributed by atoms with Crippen LogP contribution < -0.4 is 10.9 Å². The van der Waals surface area contributed by atoms with E-state index in [4.69, 9.17) is 0 Å². The summed E-state index contributed by atoms with van der Waals surface area (Å²) in [6.45, 7) is 4.04. The van der Waals surface area contributed by atoms with Gasteiger partial charge in [0, 0.05) is 24.5 Å². The number of aromatic nitrogens is 2. The van der Waals surface area contributed by atoms with Crippen molar-refractivity contribution < 1.29 is 9.90 Å². The molecule has 0 bridgehead atoms. The van der Waals surface area contributed by atoms with Crippen LogP contribution in [0.1, 0.15) is 30.6 Å². The number of thioether (sulfide) groups is 1. The topological polar surface area (TPSA) is 84.2 Å². The summed E-state index contributed by atoms with van der Waals surface area (Å²) >= 11 is 1.51. The monoisotopic (exact) mass is 283 g/mol. The van der Waals surface area contributed by atoms with E-state index in [1.165, 1.54) is 22.5 Å². The van der Waals surface area contributed by atoms with Gasteiger partial charge in [-0.2, -0.15) is 0 Å². The molecule has 2 atom stereocenters. The summed E-state index contributed by atoms with van der Waals surface area (Å²) in [6, 6.07) is -0.195. The third-order valence-electron chi connectivity index (χ3n) is 2.87. The largest absolute Gasteiger partial charge is 0.393 e. The summed E-state index contributed by atoms with van der Waals surface area (Å²) in [7, 11) is 0. The highest BCUT2D eigenvalue weighted by molar-refractivity contribution is 7.99. The van der Waals surface area contributed by atoms with Crippen LogP contribution in [0.4, 0.5) is 0 Å². The fourth-order valence-electron chi connectivity index (χ4n) is 2.05.